The van der Waals surface area contributed by atoms with Crippen molar-refractivity contribution >= 4 is 18.5 Å². The molecule has 0 N–H and O–H groups in total. The Labute approximate surface area is 230 Å². The molecular formula is C32H34N4P2. The van der Waals surface area contributed by atoms with Crippen LogP contribution in [-0.4, -0.2) is 26.1 Å². The van der Waals surface area contributed by atoms with Gasteiger partial charge in [-0.2, -0.15) is 0 Å². The van der Waals surface area contributed by atoms with Gasteiger partial charge in [0.2, 0.25) is 0 Å². The molecule has 2 heterocycles. The Morgan fingerprint density at radius 3 is 1.92 bits per heavy atom. The molecule has 4 nitrogen and oxygen atoms in total. The van der Waals surface area contributed by atoms with E-state index < -0.39 is 5.16 Å². The zero-order valence-corrected chi connectivity index (χ0v) is 23.9. The minimum Gasteiger partial charge on any atom is -0.240 e. The molecule has 38 heavy (non-hydrogen) atoms. The number of benzene rings is 2. The minimum atomic E-state index is -0.766. The topological polar surface area (TPSA) is 51.6 Å². The Bertz CT molecular complexity index is 1380. The largest absolute Gasteiger partial charge is 0.240 e. The maximum absolute atomic E-state index is 4.82. The predicted molar refractivity (Wildman–Crippen MR) is 159 cm³/mol. The third-order valence-corrected chi connectivity index (χ3v) is 11.0. The fourth-order valence-electron chi connectivity index (χ4n) is 8.44. The van der Waals surface area contributed by atoms with Crippen molar-refractivity contribution in [3.05, 3.63) is 108 Å². The maximum Gasteiger partial charge on any atom is 0.150 e. The number of nitrogens with zero attached hydrogens (tertiary/aromatic N) is 4. The standard InChI is InChI=1S/C32H34N4P2/c37-20-28-25-15-21-14-22(16-25)19-31(28,18-21)26-9-8-24(23-6-2-1-3-7-23)17-27(26)32(38,29-33-10-4-11-34-29)30-35-12-5-13-36-30/h1-13,17,21-22,25,28H,14-16,18-20,37-38H2. The lowest BCUT2D eigenvalue weighted by atomic mass is 9.43. The quantitative estimate of drug-likeness (QED) is 0.258. The molecule has 0 amide bonds. The van der Waals surface area contributed by atoms with Crippen LogP contribution in [0.25, 0.3) is 11.1 Å². The van der Waals surface area contributed by atoms with Crippen molar-refractivity contribution < 1.29 is 0 Å². The van der Waals surface area contributed by atoms with Crippen molar-refractivity contribution in [1.82, 2.24) is 19.9 Å². The summed E-state index contributed by atoms with van der Waals surface area (Å²) >= 11 is 0. The predicted octanol–water partition coefficient (Wildman–Crippen LogP) is 6.67. The average molecular weight is 537 g/mol. The Balaban J connectivity index is 1.52. The van der Waals surface area contributed by atoms with Gasteiger partial charge in [0.25, 0.3) is 0 Å². The van der Waals surface area contributed by atoms with Crippen molar-refractivity contribution in [2.75, 3.05) is 6.16 Å². The third kappa shape index (κ3) is 3.79. The van der Waals surface area contributed by atoms with Crippen molar-refractivity contribution in [3.63, 3.8) is 0 Å². The number of rotatable bonds is 6. The molecule has 4 aliphatic rings. The molecule has 4 saturated carbocycles. The molecule has 2 aromatic heterocycles. The van der Waals surface area contributed by atoms with Gasteiger partial charge in [-0.1, -0.05) is 42.5 Å². The third-order valence-electron chi connectivity index (χ3n) is 9.70. The highest BCUT2D eigenvalue weighted by Gasteiger charge is 2.58. The normalized spacial score (nSPS) is 27.9. The Morgan fingerprint density at radius 1 is 0.737 bits per heavy atom. The van der Waals surface area contributed by atoms with E-state index in [4.69, 9.17) is 19.9 Å². The van der Waals surface area contributed by atoms with Crippen molar-refractivity contribution in [2.24, 2.45) is 23.7 Å². The summed E-state index contributed by atoms with van der Waals surface area (Å²) in [4.78, 5) is 19.3. The first-order valence-corrected chi connectivity index (χ1v) is 15.3. The summed E-state index contributed by atoms with van der Waals surface area (Å²) in [6.07, 6.45) is 15.3. The summed E-state index contributed by atoms with van der Waals surface area (Å²) in [7, 11) is 6.24. The monoisotopic (exact) mass is 536 g/mol. The summed E-state index contributed by atoms with van der Waals surface area (Å²) in [5.41, 5.74) is 5.26. The van der Waals surface area contributed by atoms with Crippen molar-refractivity contribution in [3.8, 4) is 11.1 Å². The van der Waals surface area contributed by atoms with E-state index in [0.29, 0.717) is 5.92 Å². The van der Waals surface area contributed by atoms with E-state index in [2.05, 4.69) is 67.0 Å². The van der Waals surface area contributed by atoms with Gasteiger partial charge in [0.05, 0.1) is 0 Å². The van der Waals surface area contributed by atoms with Crippen LogP contribution in [-0.2, 0) is 10.6 Å². The zero-order valence-electron chi connectivity index (χ0n) is 21.6. The van der Waals surface area contributed by atoms with E-state index in [0.717, 1.165) is 35.6 Å². The highest BCUT2D eigenvalue weighted by molar-refractivity contribution is 7.19. The van der Waals surface area contributed by atoms with Crippen LogP contribution in [0.3, 0.4) is 0 Å². The highest BCUT2D eigenvalue weighted by atomic mass is 31.0. The molecule has 0 spiro atoms. The zero-order chi connectivity index (χ0) is 25.7. The van der Waals surface area contributed by atoms with Crippen LogP contribution in [0.1, 0.15) is 54.9 Å². The maximum atomic E-state index is 4.82. The van der Waals surface area contributed by atoms with Crippen LogP contribution in [0.5, 0.6) is 0 Å². The molecule has 2 aromatic carbocycles. The van der Waals surface area contributed by atoms with Crippen LogP contribution in [0, 0.1) is 23.7 Å². The van der Waals surface area contributed by atoms with Gasteiger partial charge >= 0.3 is 0 Å². The molecule has 4 bridgehead atoms. The van der Waals surface area contributed by atoms with Crippen LogP contribution < -0.4 is 0 Å². The number of aromatic nitrogens is 4. The lowest BCUT2D eigenvalue weighted by Crippen LogP contribution is -2.56. The van der Waals surface area contributed by atoms with Gasteiger partial charge in [0.1, 0.15) is 16.8 Å². The van der Waals surface area contributed by atoms with Crippen LogP contribution in [0.4, 0.5) is 0 Å². The van der Waals surface area contributed by atoms with Crippen LogP contribution in [0.15, 0.2) is 85.5 Å². The Kier molecular flexibility index (Phi) is 6.18. The van der Waals surface area contributed by atoms with Crippen LogP contribution >= 0.6 is 18.5 Å². The SMILES string of the molecule is PCC1C2CC3CC(C2)CC1(c1ccc(-c2ccccc2)cc1C(P)(c1ncccn1)c1ncccn1)C3. The average Bonchev–Trinajstić information content (AvgIpc) is 2.97. The summed E-state index contributed by atoms with van der Waals surface area (Å²) < 4.78 is 0. The second kappa shape index (κ2) is 9.58. The first-order valence-electron chi connectivity index (χ1n) is 13.9. The molecule has 4 aliphatic carbocycles. The van der Waals surface area contributed by atoms with Gasteiger partial charge in [-0.3, -0.25) is 0 Å². The summed E-state index contributed by atoms with van der Waals surface area (Å²) in [5.74, 6) is 4.60. The van der Waals surface area contributed by atoms with E-state index in [1.54, 1.807) is 0 Å². The van der Waals surface area contributed by atoms with Crippen molar-refractivity contribution in [1.29, 1.82) is 0 Å². The second-order valence-electron chi connectivity index (χ2n) is 11.7. The van der Waals surface area contributed by atoms with E-state index in [1.807, 2.05) is 36.9 Å². The highest BCUT2D eigenvalue weighted by Crippen LogP contribution is 2.65. The van der Waals surface area contributed by atoms with E-state index in [-0.39, 0.29) is 5.41 Å². The molecule has 192 valence electrons. The fourth-order valence-corrected chi connectivity index (χ4v) is 9.82. The molecule has 4 fully saturated rings. The molecule has 5 atom stereocenters. The first-order chi connectivity index (χ1) is 18.6. The molecule has 0 radical (unpaired) electrons. The molecular weight excluding hydrogens is 502 g/mol. The second-order valence-corrected chi connectivity index (χ2v) is 13.0. The van der Waals surface area contributed by atoms with E-state index in [1.165, 1.54) is 54.4 Å². The molecule has 8 rings (SSSR count). The smallest absolute Gasteiger partial charge is 0.150 e. The van der Waals surface area contributed by atoms with Gasteiger partial charge < -0.3 is 0 Å². The summed E-state index contributed by atoms with van der Waals surface area (Å²) in [5, 5.41) is -0.766. The Morgan fingerprint density at radius 2 is 1.34 bits per heavy atom. The first kappa shape index (κ1) is 24.5. The van der Waals surface area contributed by atoms with Crippen molar-refractivity contribution in [2.45, 2.75) is 42.7 Å². The molecule has 6 heteroatoms. The minimum absolute atomic E-state index is 0.159. The fraction of sp³-hybridized carbons (Fsp3) is 0.375. The molecule has 0 saturated heterocycles. The lowest BCUT2D eigenvalue weighted by Gasteiger charge is -2.62. The van der Waals surface area contributed by atoms with Gasteiger partial charge in [0.15, 0.2) is 0 Å². The number of hydrogen-bond donors (Lipinski definition) is 0. The van der Waals surface area contributed by atoms with Gasteiger partial charge in [-0.05, 0) is 108 Å². The molecule has 5 unspecified atom stereocenters. The van der Waals surface area contributed by atoms with Gasteiger partial charge in [-0.15, -0.1) is 18.5 Å². The summed E-state index contributed by atoms with van der Waals surface area (Å²) in [6.45, 7) is 0. The van der Waals surface area contributed by atoms with Gasteiger partial charge in [0, 0.05) is 24.8 Å². The summed E-state index contributed by atoms with van der Waals surface area (Å²) in [6, 6.07) is 21.6. The van der Waals surface area contributed by atoms with Crippen LogP contribution in [0.2, 0.25) is 0 Å². The van der Waals surface area contributed by atoms with Gasteiger partial charge in [-0.25, -0.2) is 19.9 Å². The van der Waals surface area contributed by atoms with E-state index >= 15 is 0 Å². The molecule has 4 aromatic rings. The Hall–Kier alpha value is -2.54. The van der Waals surface area contributed by atoms with E-state index in [9.17, 15) is 0 Å². The molecule has 0 aliphatic heterocycles. The lowest BCUT2D eigenvalue weighted by molar-refractivity contribution is -0.0522. The number of hydrogen-bond acceptors (Lipinski definition) is 4.